The van der Waals surface area contributed by atoms with E-state index in [4.69, 9.17) is 9.47 Å². The average molecular weight is 356 g/mol. The zero-order chi connectivity index (χ0) is 19.1. The van der Waals surface area contributed by atoms with Gasteiger partial charge in [0.05, 0.1) is 6.61 Å². The number of aryl methyl sites for hydroxylation is 1. The van der Waals surface area contributed by atoms with Crippen molar-refractivity contribution >= 4 is 23.6 Å². The Kier molecular flexibility index (Phi) is 6.60. The number of carbonyl (C=O) groups is 2. The van der Waals surface area contributed by atoms with Gasteiger partial charge < -0.3 is 9.47 Å². The van der Waals surface area contributed by atoms with Crippen LogP contribution in [0.25, 0.3) is 0 Å². The monoisotopic (exact) mass is 356 g/mol. The van der Waals surface area contributed by atoms with E-state index in [-0.39, 0.29) is 5.92 Å². The van der Waals surface area contributed by atoms with Gasteiger partial charge in [-0.25, -0.2) is 9.59 Å². The number of nitrogens with zero attached hydrogens (tertiary/aromatic N) is 1. The fraction of sp³-hybridized carbons (Fsp3) is 0.300. The second-order valence-corrected chi connectivity index (χ2v) is 6.41. The average Bonchev–Trinajstić information content (AvgIpc) is 2.59. The number of hydrogen-bond donors (Lipinski definition) is 1. The molecular weight excluding hydrogens is 332 g/mol. The number of amides is 2. The molecule has 0 atom stereocenters. The van der Waals surface area contributed by atoms with Crippen molar-refractivity contribution in [3.05, 3.63) is 54.1 Å². The molecule has 6 nitrogen and oxygen atoms in total. The Balaban J connectivity index is 1.99. The topological polar surface area (TPSA) is 67.9 Å². The molecule has 1 N–H and O–H groups in total. The van der Waals surface area contributed by atoms with Gasteiger partial charge in [-0.2, -0.15) is 0 Å². The number of ether oxygens (including phenoxy) is 2. The van der Waals surface area contributed by atoms with Crippen LogP contribution < -0.4 is 15.0 Å². The molecule has 2 amide bonds. The lowest BCUT2D eigenvalue weighted by molar-refractivity contribution is 0.147. The molecule has 2 aromatic carbocycles. The van der Waals surface area contributed by atoms with Gasteiger partial charge >= 0.3 is 12.2 Å². The molecule has 0 heterocycles. The van der Waals surface area contributed by atoms with Crippen LogP contribution in [0.3, 0.4) is 0 Å². The first-order chi connectivity index (χ1) is 12.3. The molecule has 2 rings (SSSR count). The van der Waals surface area contributed by atoms with Crippen LogP contribution in [0.5, 0.6) is 5.75 Å². The van der Waals surface area contributed by atoms with E-state index in [2.05, 4.69) is 5.32 Å². The quantitative estimate of drug-likeness (QED) is 0.833. The Bertz CT molecular complexity index is 774. The number of rotatable bonds is 5. The van der Waals surface area contributed by atoms with Crippen molar-refractivity contribution in [1.29, 1.82) is 0 Å². The maximum atomic E-state index is 12.3. The van der Waals surface area contributed by atoms with Crippen molar-refractivity contribution in [2.24, 2.45) is 5.92 Å². The minimum Gasteiger partial charge on any atom is -0.449 e. The number of anilines is 2. The van der Waals surface area contributed by atoms with Gasteiger partial charge in [-0.1, -0.05) is 32.0 Å². The molecule has 0 aliphatic carbocycles. The molecule has 0 aliphatic rings. The van der Waals surface area contributed by atoms with Crippen LogP contribution in [0.4, 0.5) is 21.0 Å². The summed E-state index contributed by atoms with van der Waals surface area (Å²) in [5.74, 6) is 0.585. The Hall–Kier alpha value is -3.02. The summed E-state index contributed by atoms with van der Waals surface area (Å²) in [6.07, 6.45) is -1.06. The molecule has 138 valence electrons. The van der Waals surface area contributed by atoms with Gasteiger partial charge in [-0.3, -0.25) is 10.2 Å². The largest absolute Gasteiger partial charge is 0.449 e. The SMILES string of the molecule is Cc1cccc(N(C)C(=O)Oc2cccc(NC(=O)OCC(C)C)c2)c1. The summed E-state index contributed by atoms with van der Waals surface area (Å²) < 4.78 is 10.5. The predicted molar refractivity (Wildman–Crippen MR) is 102 cm³/mol. The van der Waals surface area contributed by atoms with Crippen LogP contribution in [0.15, 0.2) is 48.5 Å². The first kappa shape index (κ1) is 19.3. The smallest absolute Gasteiger partial charge is 0.419 e. The van der Waals surface area contributed by atoms with Gasteiger partial charge in [0, 0.05) is 24.5 Å². The third-order valence-electron chi connectivity index (χ3n) is 3.50. The van der Waals surface area contributed by atoms with Crippen LogP contribution >= 0.6 is 0 Å². The zero-order valence-corrected chi connectivity index (χ0v) is 15.5. The van der Waals surface area contributed by atoms with Crippen LogP contribution in [0.2, 0.25) is 0 Å². The lowest BCUT2D eigenvalue weighted by Gasteiger charge is -2.17. The van der Waals surface area contributed by atoms with Crippen LogP contribution in [-0.4, -0.2) is 25.8 Å². The van der Waals surface area contributed by atoms with Gasteiger partial charge in [0.15, 0.2) is 0 Å². The Morgan fingerprint density at radius 1 is 1.12 bits per heavy atom. The van der Waals surface area contributed by atoms with Crippen molar-refractivity contribution in [3.63, 3.8) is 0 Å². The summed E-state index contributed by atoms with van der Waals surface area (Å²) in [4.78, 5) is 25.5. The zero-order valence-electron chi connectivity index (χ0n) is 15.5. The molecule has 0 saturated carbocycles. The maximum absolute atomic E-state index is 12.3. The minimum absolute atomic E-state index is 0.255. The molecule has 0 bridgehead atoms. The fourth-order valence-electron chi connectivity index (χ4n) is 2.14. The summed E-state index contributed by atoms with van der Waals surface area (Å²) >= 11 is 0. The van der Waals surface area contributed by atoms with Crippen molar-refractivity contribution in [1.82, 2.24) is 0 Å². The first-order valence-electron chi connectivity index (χ1n) is 8.41. The summed E-state index contributed by atoms with van der Waals surface area (Å²) in [6, 6.07) is 14.1. The minimum atomic E-state index is -0.543. The molecule has 0 radical (unpaired) electrons. The normalized spacial score (nSPS) is 10.3. The van der Waals surface area contributed by atoms with Gasteiger partial charge in [-0.15, -0.1) is 0 Å². The number of carbonyl (C=O) groups excluding carboxylic acids is 2. The van der Waals surface area contributed by atoms with Gasteiger partial charge in [0.25, 0.3) is 0 Å². The second-order valence-electron chi connectivity index (χ2n) is 6.41. The van der Waals surface area contributed by atoms with E-state index in [1.807, 2.05) is 45.0 Å². The van der Waals surface area contributed by atoms with E-state index in [9.17, 15) is 9.59 Å². The highest BCUT2D eigenvalue weighted by molar-refractivity contribution is 5.89. The molecule has 0 aromatic heterocycles. The molecule has 0 fully saturated rings. The summed E-state index contributed by atoms with van der Waals surface area (Å²) in [6.45, 7) is 6.20. The van der Waals surface area contributed by atoms with E-state index in [1.54, 1.807) is 31.3 Å². The third kappa shape index (κ3) is 5.81. The number of benzene rings is 2. The summed E-state index contributed by atoms with van der Waals surface area (Å²) in [5, 5.41) is 2.61. The Morgan fingerprint density at radius 3 is 2.54 bits per heavy atom. The highest BCUT2D eigenvalue weighted by Gasteiger charge is 2.14. The first-order valence-corrected chi connectivity index (χ1v) is 8.41. The lowest BCUT2D eigenvalue weighted by Crippen LogP contribution is -2.29. The lowest BCUT2D eigenvalue weighted by atomic mass is 10.2. The van der Waals surface area contributed by atoms with E-state index < -0.39 is 12.2 Å². The molecule has 2 aromatic rings. The fourth-order valence-corrected chi connectivity index (χ4v) is 2.14. The molecule has 0 unspecified atom stereocenters. The van der Waals surface area contributed by atoms with E-state index in [0.29, 0.717) is 18.0 Å². The predicted octanol–water partition coefficient (Wildman–Crippen LogP) is 4.83. The second kappa shape index (κ2) is 8.89. The maximum Gasteiger partial charge on any atom is 0.419 e. The van der Waals surface area contributed by atoms with Crippen molar-refractivity contribution in [2.45, 2.75) is 20.8 Å². The summed E-state index contributed by atoms with van der Waals surface area (Å²) in [7, 11) is 1.64. The van der Waals surface area contributed by atoms with Crippen molar-refractivity contribution < 1.29 is 19.1 Å². The molecule has 26 heavy (non-hydrogen) atoms. The van der Waals surface area contributed by atoms with Gasteiger partial charge in [0.2, 0.25) is 0 Å². The van der Waals surface area contributed by atoms with Crippen molar-refractivity contribution in [3.8, 4) is 5.75 Å². The molecule has 6 heteroatoms. The molecule has 0 saturated heterocycles. The van der Waals surface area contributed by atoms with Crippen LogP contribution in [-0.2, 0) is 4.74 Å². The van der Waals surface area contributed by atoms with Crippen LogP contribution in [0.1, 0.15) is 19.4 Å². The molecular formula is C20H24N2O4. The highest BCUT2D eigenvalue weighted by atomic mass is 16.6. The van der Waals surface area contributed by atoms with Gasteiger partial charge in [-0.05, 0) is 42.7 Å². The third-order valence-corrected chi connectivity index (χ3v) is 3.50. The van der Waals surface area contributed by atoms with Crippen molar-refractivity contribution in [2.75, 3.05) is 23.9 Å². The number of hydrogen-bond acceptors (Lipinski definition) is 4. The molecule has 0 spiro atoms. The van der Waals surface area contributed by atoms with Gasteiger partial charge in [0.1, 0.15) is 5.75 Å². The Morgan fingerprint density at radius 2 is 1.85 bits per heavy atom. The Labute approximate surface area is 153 Å². The highest BCUT2D eigenvalue weighted by Crippen LogP contribution is 2.20. The van der Waals surface area contributed by atoms with Crippen LogP contribution in [0, 0.1) is 12.8 Å². The molecule has 0 aliphatic heterocycles. The van der Waals surface area contributed by atoms with E-state index >= 15 is 0 Å². The van der Waals surface area contributed by atoms with E-state index in [1.165, 1.54) is 4.90 Å². The van der Waals surface area contributed by atoms with E-state index in [0.717, 1.165) is 11.3 Å². The standard InChI is InChI=1S/C20H24N2O4/c1-14(2)13-25-19(23)21-16-8-6-10-18(12-16)26-20(24)22(4)17-9-5-7-15(3)11-17/h5-12,14H,13H2,1-4H3,(H,21,23). The number of nitrogens with one attached hydrogen (secondary N) is 1. The summed E-state index contributed by atoms with van der Waals surface area (Å²) in [5.41, 5.74) is 2.28.